The van der Waals surface area contributed by atoms with Crippen LogP contribution in [0.2, 0.25) is 0 Å². The molecule has 25 heavy (non-hydrogen) atoms. The number of carboxylic acids is 1. The number of aromatic carboxylic acids is 1. The number of nitrogens with zero attached hydrogens (tertiary/aromatic N) is 2. The second-order valence-electron chi connectivity index (χ2n) is 5.99. The second-order valence-corrected chi connectivity index (χ2v) is 5.99. The van der Waals surface area contributed by atoms with Crippen LogP contribution in [0.5, 0.6) is 0 Å². The van der Waals surface area contributed by atoms with Gasteiger partial charge in [0.05, 0.1) is 22.9 Å². The average Bonchev–Trinajstić information content (AvgIpc) is 2.61. The highest BCUT2D eigenvalue weighted by molar-refractivity contribution is 5.92. The van der Waals surface area contributed by atoms with E-state index in [1.54, 1.807) is 24.4 Å². The van der Waals surface area contributed by atoms with Crippen molar-refractivity contribution in [1.82, 2.24) is 4.98 Å². The molecule has 1 N–H and O–H groups in total. The largest absolute Gasteiger partial charge is 0.478 e. The third-order valence-corrected chi connectivity index (χ3v) is 3.99. The van der Waals surface area contributed by atoms with Gasteiger partial charge in [0.1, 0.15) is 0 Å². The molecule has 0 aliphatic heterocycles. The Kier molecular flexibility index (Phi) is 4.32. The van der Waals surface area contributed by atoms with Crippen LogP contribution < -0.4 is 0 Å². The summed E-state index contributed by atoms with van der Waals surface area (Å²) in [6.45, 7) is 3.86. The first-order valence-corrected chi connectivity index (χ1v) is 7.80. The van der Waals surface area contributed by atoms with Crippen LogP contribution in [-0.4, -0.2) is 16.1 Å². The molecule has 1 heterocycles. The van der Waals surface area contributed by atoms with Gasteiger partial charge in [-0.3, -0.25) is 4.98 Å². The van der Waals surface area contributed by atoms with Crippen molar-refractivity contribution in [3.63, 3.8) is 0 Å². The highest BCUT2D eigenvalue weighted by Gasteiger charge is 2.13. The Bertz CT molecular complexity index is 999. The molecule has 0 aliphatic carbocycles. The van der Waals surface area contributed by atoms with Crippen molar-refractivity contribution >= 4 is 5.97 Å². The molecule has 0 unspecified atom stereocenters. The van der Waals surface area contributed by atoms with Crippen LogP contribution in [0, 0.1) is 25.2 Å². The fourth-order valence-corrected chi connectivity index (χ4v) is 2.70. The van der Waals surface area contributed by atoms with Gasteiger partial charge in [-0.05, 0) is 66.4 Å². The molecule has 4 heteroatoms. The van der Waals surface area contributed by atoms with Gasteiger partial charge in [0.25, 0.3) is 0 Å². The number of nitriles is 1. The van der Waals surface area contributed by atoms with Crippen LogP contribution in [-0.2, 0) is 0 Å². The number of benzene rings is 2. The van der Waals surface area contributed by atoms with Crippen LogP contribution in [0.1, 0.15) is 27.0 Å². The maximum absolute atomic E-state index is 11.5. The summed E-state index contributed by atoms with van der Waals surface area (Å²) in [7, 11) is 0. The molecule has 0 fully saturated rings. The number of carboxylic acid groups (broad SMARTS) is 1. The van der Waals surface area contributed by atoms with Crippen LogP contribution in [0.15, 0.2) is 54.7 Å². The van der Waals surface area contributed by atoms with Gasteiger partial charge < -0.3 is 5.11 Å². The highest BCUT2D eigenvalue weighted by Crippen LogP contribution is 2.30. The topological polar surface area (TPSA) is 74.0 Å². The molecule has 4 nitrogen and oxygen atoms in total. The highest BCUT2D eigenvalue weighted by atomic mass is 16.4. The van der Waals surface area contributed by atoms with E-state index in [0.29, 0.717) is 27.9 Å². The Balaban J connectivity index is 2.22. The average molecular weight is 328 g/mol. The minimum absolute atomic E-state index is 0.166. The van der Waals surface area contributed by atoms with E-state index in [4.69, 9.17) is 0 Å². The van der Waals surface area contributed by atoms with E-state index >= 15 is 0 Å². The molecule has 122 valence electrons. The fraction of sp³-hybridized carbons (Fsp3) is 0.0952. The van der Waals surface area contributed by atoms with Gasteiger partial charge in [0.2, 0.25) is 0 Å². The third kappa shape index (κ3) is 3.41. The van der Waals surface area contributed by atoms with Crippen molar-refractivity contribution in [2.75, 3.05) is 0 Å². The molecule has 0 radical (unpaired) electrons. The lowest BCUT2D eigenvalue weighted by atomic mass is 9.94. The van der Waals surface area contributed by atoms with Gasteiger partial charge in [0.15, 0.2) is 0 Å². The molecular weight excluding hydrogens is 312 g/mol. The minimum atomic E-state index is -1.01. The summed E-state index contributed by atoms with van der Waals surface area (Å²) >= 11 is 0. The molecule has 2 aromatic carbocycles. The van der Waals surface area contributed by atoms with Crippen LogP contribution in [0.4, 0.5) is 0 Å². The van der Waals surface area contributed by atoms with Gasteiger partial charge >= 0.3 is 5.97 Å². The summed E-state index contributed by atoms with van der Waals surface area (Å²) in [6.07, 6.45) is 1.75. The molecule has 0 atom stereocenters. The number of hydrogen-bond donors (Lipinski definition) is 1. The van der Waals surface area contributed by atoms with Crippen molar-refractivity contribution in [3.05, 3.63) is 77.0 Å². The normalized spacial score (nSPS) is 10.3. The molecular formula is C21H16N2O2. The van der Waals surface area contributed by atoms with Gasteiger partial charge in [-0.25, -0.2) is 4.79 Å². The Labute approximate surface area is 146 Å². The Hall–Kier alpha value is -3.45. The van der Waals surface area contributed by atoms with Crippen molar-refractivity contribution in [1.29, 1.82) is 5.26 Å². The Morgan fingerprint density at radius 2 is 1.72 bits per heavy atom. The smallest absolute Gasteiger partial charge is 0.335 e. The van der Waals surface area contributed by atoms with E-state index in [9.17, 15) is 15.2 Å². The summed E-state index contributed by atoms with van der Waals surface area (Å²) in [5, 5.41) is 18.9. The zero-order valence-electron chi connectivity index (χ0n) is 13.9. The van der Waals surface area contributed by atoms with E-state index in [1.165, 1.54) is 0 Å². The number of aromatic nitrogens is 1. The predicted octanol–water partition coefficient (Wildman–Crippen LogP) is 4.60. The van der Waals surface area contributed by atoms with Gasteiger partial charge in [0, 0.05) is 11.8 Å². The minimum Gasteiger partial charge on any atom is -0.478 e. The summed E-state index contributed by atoms with van der Waals surface area (Å²) in [5.41, 5.74) is 5.50. The lowest BCUT2D eigenvalue weighted by Gasteiger charge is -2.10. The van der Waals surface area contributed by atoms with Crippen LogP contribution in [0.25, 0.3) is 22.4 Å². The third-order valence-electron chi connectivity index (χ3n) is 3.99. The molecule has 3 aromatic rings. The molecule has 0 spiro atoms. The van der Waals surface area contributed by atoms with Crippen molar-refractivity contribution < 1.29 is 9.90 Å². The molecule has 0 aliphatic rings. The van der Waals surface area contributed by atoms with Crippen molar-refractivity contribution in [3.8, 4) is 28.5 Å². The maximum atomic E-state index is 11.5. The van der Waals surface area contributed by atoms with E-state index in [-0.39, 0.29) is 5.56 Å². The SMILES string of the molecule is Cc1ccc(-c2cc(C(=O)O)cc(-c3ccc(C)cc3C#N)c2)nc1. The Morgan fingerprint density at radius 1 is 1.00 bits per heavy atom. The van der Waals surface area contributed by atoms with Crippen molar-refractivity contribution in [2.45, 2.75) is 13.8 Å². The second kappa shape index (κ2) is 6.58. The summed E-state index contributed by atoms with van der Waals surface area (Å²) in [4.78, 5) is 15.9. The standard InChI is InChI=1S/C21H16N2O2/c1-13-3-5-19(18(7-13)11-22)15-8-16(10-17(9-15)21(24)25)20-6-4-14(2)12-23-20/h3-10,12H,1-2H3,(H,24,25). The lowest BCUT2D eigenvalue weighted by Crippen LogP contribution is -1.98. The summed E-state index contributed by atoms with van der Waals surface area (Å²) < 4.78 is 0. The van der Waals surface area contributed by atoms with Gasteiger partial charge in [-0.15, -0.1) is 0 Å². The molecule has 3 rings (SSSR count). The van der Waals surface area contributed by atoms with E-state index in [0.717, 1.165) is 11.1 Å². The van der Waals surface area contributed by atoms with Gasteiger partial charge in [-0.1, -0.05) is 18.2 Å². The first-order chi connectivity index (χ1) is 12.0. The van der Waals surface area contributed by atoms with Gasteiger partial charge in [-0.2, -0.15) is 5.26 Å². The van der Waals surface area contributed by atoms with E-state index < -0.39 is 5.97 Å². The summed E-state index contributed by atoms with van der Waals surface area (Å²) in [5.74, 6) is -1.01. The van der Waals surface area contributed by atoms with Crippen LogP contribution in [0.3, 0.4) is 0 Å². The number of hydrogen-bond acceptors (Lipinski definition) is 3. The van der Waals surface area contributed by atoms with E-state index in [2.05, 4.69) is 11.1 Å². The monoisotopic (exact) mass is 328 g/mol. The lowest BCUT2D eigenvalue weighted by molar-refractivity contribution is 0.0697. The number of rotatable bonds is 3. The molecule has 0 bridgehead atoms. The predicted molar refractivity (Wildman–Crippen MR) is 96.3 cm³/mol. The number of pyridine rings is 1. The molecule has 0 amide bonds. The summed E-state index contributed by atoms with van der Waals surface area (Å²) in [6, 6.07) is 16.6. The van der Waals surface area contributed by atoms with Crippen LogP contribution >= 0.6 is 0 Å². The fourth-order valence-electron chi connectivity index (χ4n) is 2.70. The first-order valence-electron chi connectivity index (χ1n) is 7.80. The molecule has 0 saturated carbocycles. The molecule has 1 aromatic heterocycles. The zero-order valence-corrected chi connectivity index (χ0v) is 13.9. The van der Waals surface area contributed by atoms with Crippen molar-refractivity contribution in [2.24, 2.45) is 0 Å². The quantitative estimate of drug-likeness (QED) is 0.762. The maximum Gasteiger partial charge on any atom is 0.335 e. The Morgan fingerprint density at radius 3 is 2.36 bits per heavy atom. The number of aryl methyl sites for hydroxylation is 2. The van der Waals surface area contributed by atoms with E-state index in [1.807, 2.05) is 44.2 Å². The zero-order chi connectivity index (χ0) is 18.0. The number of carbonyl (C=O) groups is 1. The molecule has 0 saturated heterocycles. The first kappa shape index (κ1) is 16.4.